The first-order chi connectivity index (χ1) is 10.6. The molecule has 2 fully saturated rings. The van der Waals surface area contributed by atoms with Gasteiger partial charge in [0.2, 0.25) is 5.91 Å². The van der Waals surface area contributed by atoms with E-state index >= 15 is 0 Å². The predicted molar refractivity (Wildman–Crippen MR) is 83.2 cm³/mol. The Morgan fingerprint density at radius 1 is 1.45 bits per heavy atom. The minimum atomic E-state index is -0.188. The number of thiophene rings is 1. The van der Waals surface area contributed by atoms with Crippen LogP contribution in [0, 0.1) is 5.82 Å². The Hall–Kier alpha value is -1.50. The van der Waals surface area contributed by atoms with E-state index in [9.17, 15) is 9.18 Å². The first kappa shape index (κ1) is 14.1. The van der Waals surface area contributed by atoms with E-state index in [2.05, 4.69) is 10.2 Å². The van der Waals surface area contributed by atoms with Crippen molar-refractivity contribution in [2.24, 2.45) is 0 Å². The largest absolute Gasteiger partial charge is 0.361 e. The van der Waals surface area contributed by atoms with E-state index in [1.165, 1.54) is 17.4 Å². The van der Waals surface area contributed by atoms with Gasteiger partial charge in [0.15, 0.2) is 0 Å². The van der Waals surface area contributed by atoms with E-state index in [-0.39, 0.29) is 23.5 Å². The number of carbonyl (C=O) groups excluding carboxylic acids is 1. The molecule has 2 saturated heterocycles. The number of nitrogens with zero attached hydrogens (tertiary/aromatic N) is 1. The summed E-state index contributed by atoms with van der Waals surface area (Å²) in [6, 6.07) is 7.12. The van der Waals surface area contributed by atoms with Gasteiger partial charge in [0.25, 0.3) is 0 Å². The maximum absolute atomic E-state index is 13.9. The van der Waals surface area contributed by atoms with Gasteiger partial charge in [0, 0.05) is 31.5 Å². The minimum Gasteiger partial charge on any atom is -0.361 e. The van der Waals surface area contributed by atoms with Gasteiger partial charge < -0.3 is 10.1 Å². The molecule has 116 valence electrons. The molecule has 4 rings (SSSR count). The highest BCUT2D eigenvalue weighted by atomic mass is 32.1. The van der Waals surface area contributed by atoms with Gasteiger partial charge in [-0.3, -0.25) is 9.69 Å². The third-order valence-corrected chi connectivity index (χ3v) is 5.75. The standard InChI is InChI=1S/C16H17FN2O2S/c1-21-15(19-8-16(9-19)6-5-13(20)18-16)12-7-10-3-2-4-11(17)14(10)22-12/h2-4,7,15H,5-6,8-9H2,1H3,(H,18,20). The number of nitrogens with one attached hydrogen (secondary N) is 1. The molecule has 0 saturated carbocycles. The molecule has 1 amide bonds. The van der Waals surface area contributed by atoms with Crippen LogP contribution < -0.4 is 5.32 Å². The summed E-state index contributed by atoms with van der Waals surface area (Å²) in [5.41, 5.74) is -0.0736. The van der Waals surface area contributed by atoms with Crippen molar-refractivity contribution in [1.82, 2.24) is 10.2 Å². The number of rotatable bonds is 3. The van der Waals surface area contributed by atoms with Gasteiger partial charge in [-0.1, -0.05) is 12.1 Å². The summed E-state index contributed by atoms with van der Waals surface area (Å²) in [5, 5.41) is 3.98. The van der Waals surface area contributed by atoms with Crippen molar-refractivity contribution < 1.29 is 13.9 Å². The van der Waals surface area contributed by atoms with Crippen LogP contribution in [0.25, 0.3) is 10.1 Å². The zero-order valence-corrected chi connectivity index (χ0v) is 13.1. The molecule has 2 aliphatic rings. The number of carbonyl (C=O) groups is 1. The van der Waals surface area contributed by atoms with Gasteiger partial charge in [-0.25, -0.2) is 4.39 Å². The molecule has 0 radical (unpaired) electrons. The van der Waals surface area contributed by atoms with E-state index in [4.69, 9.17) is 4.74 Å². The van der Waals surface area contributed by atoms with Crippen LogP contribution >= 0.6 is 11.3 Å². The number of hydrogen-bond donors (Lipinski definition) is 1. The zero-order chi connectivity index (χ0) is 15.3. The second-order valence-corrected chi connectivity index (χ2v) is 7.21. The van der Waals surface area contributed by atoms with Crippen LogP contribution in [0.5, 0.6) is 0 Å². The lowest BCUT2D eigenvalue weighted by Crippen LogP contribution is -2.67. The fourth-order valence-electron chi connectivity index (χ4n) is 3.52. The minimum absolute atomic E-state index is 0.0736. The van der Waals surface area contributed by atoms with Gasteiger partial charge in [-0.2, -0.15) is 0 Å². The number of methoxy groups -OCH3 is 1. The fourth-order valence-corrected chi connectivity index (χ4v) is 4.70. The number of benzene rings is 1. The van der Waals surface area contributed by atoms with Crippen LogP contribution in [0.2, 0.25) is 0 Å². The molecular formula is C16H17FN2O2S. The molecule has 2 aliphatic heterocycles. The third-order valence-electron chi connectivity index (χ3n) is 4.56. The van der Waals surface area contributed by atoms with Crippen molar-refractivity contribution in [3.05, 3.63) is 35.0 Å². The summed E-state index contributed by atoms with van der Waals surface area (Å²) in [7, 11) is 1.67. The number of halogens is 1. The Balaban J connectivity index is 1.57. The van der Waals surface area contributed by atoms with Gasteiger partial charge >= 0.3 is 0 Å². The smallest absolute Gasteiger partial charge is 0.220 e. The van der Waals surface area contributed by atoms with Crippen LogP contribution in [-0.2, 0) is 9.53 Å². The Morgan fingerprint density at radius 3 is 2.91 bits per heavy atom. The fraction of sp³-hybridized carbons (Fsp3) is 0.438. The highest BCUT2D eigenvalue weighted by molar-refractivity contribution is 7.19. The lowest BCUT2D eigenvalue weighted by molar-refractivity contribution is -0.125. The van der Waals surface area contributed by atoms with Crippen LogP contribution in [0.15, 0.2) is 24.3 Å². The van der Waals surface area contributed by atoms with E-state index in [1.54, 1.807) is 13.2 Å². The number of hydrogen-bond acceptors (Lipinski definition) is 4. The topological polar surface area (TPSA) is 41.6 Å². The normalized spacial score (nSPS) is 22.0. The highest BCUT2D eigenvalue weighted by Crippen LogP contribution is 2.40. The average Bonchev–Trinajstić information content (AvgIpc) is 3.04. The predicted octanol–water partition coefficient (Wildman–Crippen LogP) is 2.65. The maximum atomic E-state index is 13.9. The first-order valence-corrected chi connectivity index (χ1v) is 8.18. The molecule has 4 nitrogen and oxygen atoms in total. The molecular weight excluding hydrogens is 303 g/mol. The molecule has 3 heterocycles. The second-order valence-electron chi connectivity index (χ2n) is 6.13. The van der Waals surface area contributed by atoms with E-state index < -0.39 is 0 Å². The van der Waals surface area contributed by atoms with Crippen molar-refractivity contribution in [3.8, 4) is 0 Å². The molecule has 22 heavy (non-hydrogen) atoms. The molecule has 1 atom stereocenters. The van der Waals surface area contributed by atoms with Crippen LogP contribution in [0.3, 0.4) is 0 Å². The molecule has 1 N–H and O–H groups in total. The summed E-state index contributed by atoms with van der Waals surface area (Å²) in [5.74, 6) is -0.0516. The van der Waals surface area contributed by atoms with Gasteiger partial charge in [-0.05, 0) is 23.9 Å². The summed E-state index contributed by atoms with van der Waals surface area (Å²) < 4.78 is 20.2. The van der Waals surface area contributed by atoms with Gasteiger partial charge in [-0.15, -0.1) is 11.3 Å². The summed E-state index contributed by atoms with van der Waals surface area (Å²) >= 11 is 1.44. The monoisotopic (exact) mass is 320 g/mol. The summed E-state index contributed by atoms with van der Waals surface area (Å²) in [6.45, 7) is 1.57. The number of amides is 1. The van der Waals surface area contributed by atoms with E-state index in [0.29, 0.717) is 11.1 Å². The Morgan fingerprint density at radius 2 is 2.27 bits per heavy atom. The Labute approximate surface area is 131 Å². The van der Waals surface area contributed by atoms with Crippen LogP contribution in [0.1, 0.15) is 23.9 Å². The van der Waals surface area contributed by atoms with Crippen molar-refractivity contribution in [2.75, 3.05) is 20.2 Å². The molecule has 1 spiro atoms. The number of ether oxygens (including phenoxy) is 1. The second kappa shape index (κ2) is 5.01. The Bertz CT molecular complexity index is 739. The summed E-state index contributed by atoms with van der Waals surface area (Å²) in [6.07, 6.45) is 1.32. The van der Waals surface area contributed by atoms with E-state index in [1.807, 2.05) is 12.1 Å². The molecule has 0 bridgehead atoms. The first-order valence-electron chi connectivity index (χ1n) is 7.36. The molecule has 2 aromatic rings. The van der Waals surface area contributed by atoms with Crippen LogP contribution in [0.4, 0.5) is 4.39 Å². The third kappa shape index (κ3) is 2.14. The zero-order valence-electron chi connectivity index (χ0n) is 12.3. The lowest BCUT2D eigenvalue weighted by Gasteiger charge is -2.50. The van der Waals surface area contributed by atoms with Crippen LogP contribution in [-0.4, -0.2) is 36.5 Å². The quantitative estimate of drug-likeness (QED) is 0.945. The molecule has 1 aromatic heterocycles. The van der Waals surface area contributed by atoms with Crippen molar-refractivity contribution in [1.29, 1.82) is 0 Å². The van der Waals surface area contributed by atoms with Crippen molar-refractivity contribution in [3.63, 3.8) is 0 Å². The molecule has 1 unspecified atom stereocenters. The Kier molecular flexibility index (Phi) is 3.21. The average molecular weight is 320 g/mol. The molecule has 0 aliphatic carbocycles. The van der Waals surface area contributed by atoms with Crippen molar-refractivity contribution >= 4 is 27.3 Å². The SMILES string of the molecule is COC(c1cc2cccc(F)c2s1)N1CC2(CCC(=O)N2)C1. The number of fused-ring (bicyclic) bond motifs is 1. The molecule has 6 heteroatoms. The van der Waals surface area contributed by atoms with Gasteiger partial charge in [0.1, 0.15) is 12.0 Å². The van der Waals surface area contributed by atoms with Crippen molar-refractivity contribution in [2.45, 2.75) is 24.6 Å². The number of likely N-dealkylation sites (tertiary alicyclic amines) is 1. The highest BCUT2D eigenvalue weighted by Gasteiger charge is 2.50. The lowest BCUT2D eigenvalue weighted by atomic mass is 9.88. The molecule has 1 aromatic carbocycles. The van der Waals surface area contributed by atoms with E-state index in [0.717, 1.165) is 29.8 Å². The summed E-state index contributed by atoms with van der Waals surface area (Å²) in [4.78, 5) is 14.6. The van der Waals surface area contributed by atoms with Gasteiger partial charge in [0.05, 0.1) is 10.2 Å². The maximum Gasteiger partial charge on any atom is 0.220 e.